The zero-order chi connectivity index (χ0) is 10.8. The van der Waals surface area contributed by atoms with Crippen LogP contribution in [0.4, 0.5) is 13.2 Å². The summed E-state index contributed by atoms with van der Waals surface area (Å²) in [5, 5.41) is 2.24. The summed E-state index contributed by atoms with van der Waals surface area (Å²) in [4.78, 5) is 0.631. The van der Waals surface area contributed by atoms with Gasteiger partial charge in [0.05, 0.1) is 4.34 Å². The van der Waals surface area contributed by atoms with E-state index in [1.54, 1.807) is 12.1 Å². The molecule has 0 bridgehead atoms. The van der Waals surface area contributed by atoms with E-state index in [4.69, 9.17) is 11.6 Å². The minimum absolute atomic E-state index is 0.0720. The van der Waals surface area contributed by atoms with Crippen molar-refractivity contribution in [2.24, 2.45) is 0 Å². The minimum Gasteiger partial charge on any atom is -0.309 e. The maximum Gasteiger partial charge on any atom is 0.404 e. The number of thiophene rings is 1. The van der Waals surface area contributed by atoms with Crippen molar-refractivity contribution in [3.63, 3.8) is 0 Å². The van der Waals surface area contributed by atoms with E-state index in [-0.39, 0.29) is 6.42 Å². The van der Waals surface area contributed by atoms with Crippen LogP contribution < -0.4 is 5.32 Å². The van der Waals surface area contributed by atoms with Gasteiger partial charge in [0.25, 0.3) is 0 Å². The lowest BCUT2D eigenvalue weighted by Gasteiger charge is -2.18. The average Bonchev–Trinajstić information content (AvgIpc) is 2.45. The van der Waals surface area contributed by atoms with Crippen molar-refractivity contribution in [3.05, 3.63) is 21.3 Å². The standard InChI is InChI=1S/C8H9ClF3NS/c1-13-6(8(10,11)12)4-5-2-3-7(9)14-5/h2-3,6,13H,4H2,1H3. The smallest absolute Gasteiger partial charge is 0.309 e. The van der Waals surface area contributed by atoms with Gasteiger partial charge in [0, 0.05) is 11.3 Å². The molecule has 0 aliphatic rings. The Kier molecular flexibility index (Phi) is 3.80. The molecule has 1 unspecified atom stereocenters. The van der Waals surface area contributed by atoms with E-state index < -0.39 is 12.2 Å². The third-order valence-electron chi connectivity index (χ3n) is 1.78. The van der Waals surface area contributed by atoms with Gasteiger partial charge in [-0.25, -0.2) is 0 Å². The van der Waals surface area contributed by atoms with Crippen LogP contribution in [0.25, 0.3) is 0 Å². The first-order valence-corrected chi connectivity index (χ1v) is 5.11. The largest absolute Gasteiger partial charge is 0.404 e. The minimum atomic E-state index is -4.22. The molecule has 0 aliphatic carbocycles. The molecule has 1 aromatic rings. The highest BCUT2D eigenvalue weighted by Crippen LogP contribution is 2.27. The lowest BCUT2D eigenvalue weighted by Crippen LogP contribution is -2.41. The SMILES string of the molecule is CNC(Cc1ccc(Cl)s1)C(F)(F)F. The Morgan fingerprint density at radius 2 is 2.14 bits per heavy atom. The van der Waals surface area contributed by atoms with Crippen molar-refractivity contribution < 1.29 is 13.2 Å². The van der Waals surface area contributed by atoms with E-state index in [0.29, 0.717) is 9.21 Å². The third kappa shape index (κ3) is 3.15. The van der Waals surface area contributed by atoms with E-state index in [1.165, 1.54) is 18.4 Å². The van der Waals surface area contributed by atoms with E-state index in [1.807, 2.05) is 0 Å². The second-order valence-electron chi connectivity index (χ2n) is 2.79. The summed E-state index contributed by atoms with van der Waals surface area (Å²) < 4.78 is 37.5. The number of alkyl halides is 3. The van der Waals surface area contributed by atoms with Crippen LogP contribution in [0.3, 0.4) is 0 Å². The van der Waals surface area contributed by atoms with Gasteiger partial charge in [0.15, 0.2) is 0 Å². The second kappa shape index (κ2) is 4.51. The molecule has 0 saturated carbocycles. The second-order valence-corrected chi connectivity index (χ2v) is 4.59. The summed E-state index contributed by atoms with van der Waals surface area (Å²) in [6, 6.07) is 1.71. The Morgan fingerprint density at radius 1 is 1.50 bits per heavy atom. The highest BCUT2D eigenvalue weighted by Gasteiger charge is 2.38. The van der Waals surface area contributed by atoms with Crippen molar-refractivity contribution in [1.82, 2.24) is 5.32 Å². The molecule has 1 heterocycles. The van der Waals surface area contributed by atoms with Crippen LogP contribution in [-0.2, 0) is 6.42 Å². The number of likely N-dealkylation sites (N-methyl/N-ethyl adjacent to an activating group) is 1. The van der Waals surface area contributed by atoms with Gasteiger partial charge in [-0.1, -0.05) is 11.6 Å². The van der Waals surface area contributed by atoms with Gasteiger partial charge in [0.1, 0.15) is 6.04 Å². The van der Waals surface area contributed by atoms with E-state index >= 15 is 0 Å². The molecule has 0 amide bonds. The maximum absolute atomic E-state index is 12.3. The highest BCUT2D eigenvalue weighted by atomic mass is 35.5. The highest BCUT2D eigenvalue weighted by molar-refractivity contribution is 7.16. The molecule has 0 saturated heterocycles. The van der Waals surface area contributed by atoms with Crippen molar-refractivity contribution in [3.8, 4) is 0 Å². The molecule has 1 nitrogen and oxygen atoms in total. The molecule has 1 aromatic heterocycles. The summed E-state index contributed by atoms with van der Waals surface area (Å²) in [5.41, 5.74) is 0. The molecule has 0 aromatic carbocycles. The van der Waals surface area contributed by atoms with Crippen molar-refractivity contribution in [2.45, 2.75) is 18.6 Å². The Labute approximate surface area is 88.9 Å². The number of hydrogen-bond acceptors (Lipinski definition) is 2. The van der Waals surface area contributed by atoms with Crippen LogP contribution in [-0.4, -0.2) is 19.3 Å². The maximum atomic E-state index is 12.3. The van der Waals surface area contributed by atoms with Crippen LogP contribution in [0.5, 0.6) is 0 Å². The third-order valence-corrected chi connectivity index (χ3v) is 3.03. The van der Waals surface area contributed by atoms with E-state index in [0.717, 1.165) is 0 Å². The molecule has 1 N–H and O–H groups in total. The summed E-state index contributed by atoms with van der Waals surface area (Å²) in [7, 11) is 1.30. The quantitative estimate of drug-likeness (QED) is 0.860. The van der Waals surface area contributed by atoms with Crippen molar-refractivity contribution >= 4 is 22.9 Å². The fraction of sp³-hybridized carbons (Fsp3) is 0.500. The van der Waals surface area contributed by atoms with Gasteiger partial charge >= 0.3 is 6.18 Å². The van der Waals surface area contributed by atoms with Gasteiger partial charge in [-0.2, -0.15) is 13.2 Å². The van der Waals surface area contributed by atoms with E-state index in [2.05, 4.69) is 5.32 Å². The first-order chi connectivity index (χ1) is 6.43. The van der Waals surface area contributed by atoms with Crippen molar-refractivity contribution in [2.75, 3.05) is 7.05 Å². The molecule has 0 aliphatic heterocycles. The van der Waals surface area contributed by atoms with Gasteiger partial charge < -0.3 is 5.32 Å². The van der Waals surface area contributed by atoms with Gasteiger partial charge in [0.2, 0.25) is 0 Å². The number of nitrogens with one attached hydrogen (secondary N) is 1. The predicted molar refractivity (Wildman–Crippen MR) is 51.9 cm³/mol. The molecule has 80 valence electrons. The van der Waals surface area contributed by atoms with Crippen LogP contribution >= 0.6 is 22.9 Å². The fourth-order valence-electron chi connectivity index (χ4n) is 1.04. The Hall–Kier alpha value is -0.260. The van der Waals surface area contributed by atoms with Gasteiger partial charge in [-0.15, -0.1) is 11.3 Å². The molecular formula is C8H9ClF3NS. The van der Waals surface area contributed by atoms with Crippen LogP contribution in [0, 0.1) is 0 Å². The summed E-state index contributed by atoms with van der Waals surface area (Å²) in [5.74, 6) is 0. The Balaban J connectivity index is 2.66. The van der Waals surface area contributed by atoms with E-state index in [9.17, 15) is 13.2 Å². The fourth-order valence-corrected chi connectivity index (χ4v) is 2.18. The van der Waals surface area contributed by atoms with Crippen LogP contribution in [0.2, 0.25) is 4.34 Å². The van der Waals surface area contributed by atoms with Gasteiger partial charge in [-0.3, -0.25) is 0 Å². The molecule has 0 radical (unpaired) electrons. The molecule has 0 fully saturated rings. The van der Waals surface area contributed by atoms with Crippen LogP contribution in [0.1, 0.15) is 4.88 Å². The van der Waals surface area contributed by atoms with Crippen molar-refractivity contribution in [1.29, 1.82) is 0 Å². The van der Waals surface area contributed by atoms with Gasteiger partial charge in [-0.05, 0) is 19.2 Å². The lowest BCUT2D eigenvalue weighted by atomic mass is 10.2. The molecule has 1 rings (SSSR count). The zero-order valence-electron chi connectivity index (χ0n) is 7.36. The molecule has 1 atom stereocenters. The summed E-state index contributed by atoms with van der Waals surface area (Å²) in [6.45, 7) is 0. The monoisotopic (exact) mass is 243 g/mol. The number of halogens is 4. The topological polar surface area (TPSA) is 12.0 Å². The average molecular weight is 244 g/mol. The Bertz CT molecular complexity index is 297. The zero-order valence-corrected chi connectivity index (χ0v) is 8.93. The molecule has 0 spiro atoms. The number of hydrogen-bond donors (Lipinski definition) is 1. The summed E-state index contributed by atoms with van der Waals surface area (Å²) in [6.07, 6.45) is -4.29. The molecule has 14 heavy (non-hydrogen) atoms. The lowest BCUT2D eigenvalue weighted by molar-refractivity contribution is -0.154. The first-order valence-electron chi connectivity index (χ1n) is 3.91. The normalized spacial score (nSPS) is 14.4. The summed E-state index contributed by atoms with van der Waals surface area (Å²) >= 11 is 6.79. The Morgan fingerprint density at radius 3 is 2.50 bits per heavy atom. The molecule has 6 heteroatoms. The first kappa shape index (κ1) is 11.8. The molecular weight excluding hydrogens is 235 g/mol. The number of rotatable bonds is 3. The van der Waals surface area contributed by atoms with Crippen LogP contribution in [0.15, 0.2) is 12.1 Å². The predicted octanol–water partition coefficient (Wildman–Crippen LogP) is 3.09.